The van der Waals surface area contributed by atoms with Gasteiger partial charge in [0.25, 0.3) is 0 Å². The fourth-order valence-electron chi connectivity index (χ4n) is 2.74. The van der Waals surface area contributed by atoms with Crippen LogP contribution < -0.4 is 5.73 Å². The van der Waals surface area contributed by atoms with Crippen LogP contribution >= 0.6 is 11.3 Å². The maximum absolute atomic E-state index is 6.13. The first-order valence-corrected chi connectivity index (χ1v) is 7.97. The van der Waals surface area contributed by atoms with Gasteiger partial charge in [-0.1, -0.05) is 6.07 Å². The number of nitrogens with two attached hydrogens (primary N) is 1. The van der Waals surface area contributed by atoms with Crippen molar-refractivity contribution in [3.63, 3.8) is 0 Å². The summed E-state index contributed by atoms with van der Waals surface area (Å²) in [4.78, 5) is 12.9. The molecule has 4 rings (SSSR count). The number of fused-ring (bicyclic) bond motifs is 2. The Bertz CT molecular complexity index is 983. The molecule has 6 heteroatoms. The van der Waals surface area contributed by atoms with Crippen molar-refractivity contribution in [1.29, 1.82) is 0 Å². The molecule has 3 heterocycles. The Morgan fingerprint density at radius 2 is 2.05 bits per heavy atom. The first-order valence-electron chi connectivity index (χ1n) is 7.10. The Morgan fingerprint density at radius 3 is 2.86 bits per heavy atom. The summed E-state index contributed by atoms with van der Waals surface area (Å²) >= 11 is 1.64. The van der Waals surface area contributed by atoms with E-state index in [1.54, 1.807) is 11.3 Å². The van der Waals surface area contributed by atoms with Crippen LogP contribution in [-0.2, 0) is 0 Å². The maximum Gasteiger partial charge on any atom is 0.146 e. The number of thiazole rings is 1. The van der Waals surface area contributed by atoms with Crippen LogP contribution in [0.2, 0.25) is 0 Å². The molecule has 4 aromatic rings. The third-order valence-electron chi connectivity index (χ3n) is 3.84. The second-order valence-electron chi connectivity index (χ2n) is 5.54. The minimum absolute atomic E-state index is 0.303. The smallest absolute Gasteiger partial charge is 0.146 e. The van der Waals surface area contributed by atoms with Gasteiger partial charge in [-0.2, -0.15) is 0 Å². The van der Waals surface area contributed by atoms with E-state index >= 15 is 0 Å². The zero-order valence-electron chi connectivity index (χ0n) is 12.3. The van der Waals surface area contributed by atoms with Gasteiger partial charge in [-0.25, -0.2) is 15.0 Å². The van der Waals surface area contributed by atoms with Crippen LogP contribution in [-0.4, -0.2) is 19.5 Å². The van der Waals surface area contributed by atoms with Crippen LogP contribution in [0.3, 0.4) is 0 Å². The van der Waals surface area contributed by atoms with E-state index in [-0.39, 0.29) is 0 Å². The van der Waals surface area contributed by atoms with Crippen molar-refractivity contribution < 1.29 is 0 Å². The van der Waals surface area contributed by atoms with E-state index in [1.807, 2.05) is 11.6 Å². The van der Waals surface area contributed by atoms with Crippen molar-refractivity contribution in [1.82, 2.24) is 19.5 Å². The minimum atomic E-state index is 0.303. The average molecular weight is 309 g/mol. The van der Waals surface area contributed by atoms with Gasteiger partial charge in [0.2, 0.25) is 0 Å². The summed E-state index contributed by atoms with van der Waals surface area (Å²) in [6.07, 6.45) is 3.63. The maximum atomic E-state index is 6.13. The molecular weight excluding hydrogens is 294 g/mol. The van der Waals surface area contributed by atoms with Crippen LogP contribution in [0.15, 0.2) is 36.2 Å². The van der Waals surface area contributed by atoms with Gasteiger partial charge in [0.05, 0.1) is 21.1 Å². The SMILES string of the molecule is CC(C)n1cc(-c2ccc3ncsc3c2)c2c(N)ncnc21. The minimum Gasteiger partial charge on any atom is -0.383 e. The number of hydrogen-bond donors (Lipinski definition) is 1. The van der Waals surface area contributed by atoms with E-state index in [2.05, 4.69) is 51.7 Å². The zero-order chi connectivity index (χ0) is 15.3. The number of nitrogen functional groups attached to an aromatic ring is 1. The second-order valence-corrected chi connectivity index (χ2v) is 6.42. The van der Waals surface area contributed by atoms with Crippen LogP contribution in [0.5, 0.6) is 0 Å². The molecule has 0 radical (unpaired) electrons. The van der Waals surface area contributed by atoms with Gasteiger partial charge in [0.1, 0.15) is 17.8 Å². The van der Waals surface area contributed by atoms with E-state index in [0.29, 0.717) is 11.9 Å². The van der Waals surface area contributed by atoms with Crippen LogP contribution in [0.4, 0.5) is 5.82 Å². The Hall–Kier alpha value is -2.47. The molecule has 1 aromatic carbocycles. The van der Waals surface area contributed by atoms with E-state index in [0.717, 1.165) is 27.7 Å². The quantitative estimate of drug-likeness (QED) is 0.610. The summed E-state index contributed by atoms with van der Waals surface area (Å²) in [6.45, 7) is 4.27. The molecule has 0 fully saturated rings. The monoisotopic (exact) mass is 309 g/mol. The number of rotatable bonds is 2. The van der Waals surface area contributed by atoms with Gasteiger partial charge >= 0.3 is 0 Å². The number of aromatic nitrogens is 4. The number of benzene rings is 1. The summed E-state index contributed by atoms with van der Waals surface area (Å²) in [6, 6.07) is 6.57. The Morgan fingerprint density at radius 1 is 1.18 bits per heavy atom. The van der Waals surface area contributed by atoms with Gasteiger partial charge in [-0.05, 0) is 31.5 Å². The Balaban J connectivity index is 2.05. The zero-order valence-corrected chi connectivity index (χ0v) is 13.1. The lowest BCUT2D eigenvalue weighted by molar-refractivity contribution is 0.618. The van der Waals surface area contributed by atoms with Gasteiger partial charge in [0.15, 0.2) is 0 Å². The molecule has 22 heavy (non-hydrogen) atoms. The summed E-state index contributed by atoms with van der Waals surface area (Å²) in [5, 5.41) is 0.917. The highest BCUT2D eigenvalue weighted by molar-refractivity contribution is 7.16. The molecule has 0 atom stereocenters. The van der Waals surface area contributed by atoms with Crippen molar-refractivity contribution >= 4 is 38.4 Å². The third-order valence-corrected chi connectivity index (χ3v) is 4.63. The van der Waals surface area contributed by atoms with E-state index in [1.165, 1.54) is 11.0 Å². The van der Waals surface area contributed by atoms with E-state index < -0.39 is 0 Å². The molecular formula is C16H15N5S. The number of anilines is 1. The highest BCUT2D eigenvalue weighted by Gasteiger charge is 2.16. The molecule has 5 nitrogen and oxygen atoms in total. The first kappa shape index (κ1) is 13.2. The van der Waals surface area contributed by atoms with Gasteiger partial charge < -0.3 is 10.3 Å². The molecule has 0 saturated carbocycles. The molecule has 0 amide bonds. The molecule has 0 spiro atoms. The molecule has 0 aliphatic rings. The standard InChI is InChI=1S/C16H15N5S/c1-9(2)21-6-11(14-15(17)18-7-19-16(14)21)10-3-4-12-13(5-10)22-8-20-12/h3-9H,1-2H3,(H2,17,18,19). The van der Waals surface area contributed by atoms with E-state index in [4.69, 9.17) is 5.73 Å². The van der Waals surface area contributed by atoms with E-state index in [9.17, 15) is 0 Å². The van der Waals surface area contributed by atoms with Crippen LogP contribution in [0.25, 0.3) is 32.4 Å². The predicted octanol–water partition coefficient (Wildman–Crippen LogP) is 3.87. The van der Waals surface area contributed by atoms with Crippen molar-refractivity contribution in [2.24, 2.45) is 0 Å². The summed E-state index contributed by atoms with van der Waals surface area (Å²) in [5.74, 6) is 0.517. The molecule has 3 aromatic heterocycles. The van der Waals surface area contributed by atoms with Crippen molar-refractivity contribution in [3.8, 4) is 11.1 Å². The number of hydrogen-bond acceptors (Lipinski definition) is 5. The fourth-order valence-corrected chi connectivity index (χ4v) is 3.46. The highest BCUT2D eigenvalue weighted by Crippen LogP contribution is 2.35. The lowest BCUT2D eigenvalue weighted by Crippen LogP contribution is -2.00. The lowest BCUT2D eigenvalue weighted by atomic mass is 10.1. The second kappa shape index (κ2) is 4.78. The summed E-state index contributed by atoms with van der Waals surface area (Å²) < 4.78 is 3.30. The topological polar surface area (TPSA) is 69.6 Å². The highest BCUT2D eigenvalue weighted by atomic mass is 32.1. The normalized spacial score (nSPS) is 11.8. The first-order chi connectivity index (χ1) is 10.6. The summed E-state index contributed by atoms with van der Waals surface area (Å²) in [5.41, 5.74) is 12.1. The molecule has 0 aliphatic carbocycles. The summed E-state index contributed by atoms with van der Waals surface area (Å²) in [7, 11) is 0. The largest absolute Gasteiger partial charge is 0.383 e. The molecule has 0 unspecified atom stereocenters. The van der Waals surface area contributed by atoms with Crippen LogP contribution in [0, 0.1) is 0 Å². The third kappa shape index (κ3) is 1.88. The van der Waals surface area contributed by atoms with Crippen molar-refractivity contribution in [2.45, 2.75) is 19.9 Å². The lowest BCUT2D eigenvalue weighted by Gasteiger charge is -2.07. The molecule has 110 valence electrons. The fraction of sp³-hybridized carbons (Fsp3) is 0.188. The average Bonchev–Trinajstić information content (AvgIpc) is 3.11. The molecule has 2 N–H and O–H groups in total. The van der Waals surface area contributed by atoms with Crippen LogP contribution in [0.1, 0.15) is 19.9 Å². The Labute approximate surface area is 131 Å². The molecule has 0 bridgehead atoms. The molecule has 0 aliphatic heterocycles. The van der Waals surface area contributed by atoms with Gasteiger partial charge in [0, 0.05) is 17.8 Å². The molecule has 0 saturated heterocycles. The predicted molar refractivity (Wildman–Crippen MR) is 90.9 cm³/mol. The van der Waals surface area contributed by atoms with Crippen molar-refractivity contribution in [3.05, 3.63) is 36.2 Å². The number of nitrogens with zero attached hydrogens (tertiary/aromatic N) is 4. The van der Waals surface area contributed by atoms with Crippen molar-refractivity contribution in [2.75, 3.05) is 5.73 Å². The van der Waals surface area contributed by atoms with Gasteiger partial charge in [-0.15, -0.1) is 11.3 Å². The van der Waals surface area contributed by atoms with Gasteiger partial charge in [-0.3, -0.25) is 0 Å². The Kier molecular flexibility index (Phi) is 2.87.